The maximum atomic E-state index is 4.39. The van der Waals surface area contributed by atoms with Gasteiger partial charge in [0.15, 0.2) is 0 Å². The largest absolute Gasteiger partial charge is 0.356 e. The van der Waals surface area contributed by atoms with Gasteiger partial charge >= 0.3 is 0 Å². The Hall–Kier alpha value is -1.55. The molecule has 1 saturated heterocycles. The van der Waals surface area contributed by atoms with E-state index in [0.717, 1.165) is 25.3 Å². The van der Waals surface area contributed by atoms with Crippen LogP contribution < -0.4 is 10.2 Å². The molecule has 108 valence electrons. The van der Waals surface area contributed by atoms with Crippen LogP contribution >= 0.6 is 0 Å². The number of nitrogens with zero attached hydrogens (tertiary/aromatic N) is 3. The average Bonchev–Trinajstić information content (AvgIpc) is 3.07. The molecule has 1 aliphatic rings. The third kappa shape index (κ3) is 2.80. The lowest BCUT2D eigenvalue weighted by Crippen LogP contribution is -2.40. The lowest BCUT2D eigenvalue weighted by Gasteiger charge is -2.30. The molecule has 0 saturated carbocycles. The van der Waals surface area contributed by atoms with Gasteiger partial charge in [-0.1, -0.05) is 19.9 Å². The number of hydrogen-bond acceptors (Lipinski definition) is 3. The van der Waals surface area contributed by atoms with Gasteiger partial charge in [0, 0.05) is 31.5 Å². The zero-order chi connectivity index (χ0) is 13.9. The molecule has 0 radical (unpaired) electrons. The van der Waals surface area contributed by atoms with Crippen molar-refractivity contribution in [2.24, 2.45) is 5.92 Å². The van der Waals surface area contributed by atoms with Crippen molar-refractivity contribution in [1.29, 1.82) is 0 Å². The van der Waals surface area contributed by atoms with E-state index in [9.17, 15) is 0 Å². The lowest BCUT2D eigenvalue weighted by molar-refractivity contribution is 0.536. The first-order valence-corrected chi connectivity index (χ1v) is 7.64. The van der Waals surface area contributed by atoms with Crippen molar-refractivity contribution in [1.82, 2.24) is 14.7 Å². The normalized spacial score (nSPS) is 19.1. The quantitative estimate of drug-likeness (QED) is 0.908. The summed E-state index contributed by atoms with van der Waals surface area (Å²) in [6, 6.07) is 6.98. The second-order valence-corrected chi connectivity index (χ2v) is 6.13. The van der Waals surface area contributed by atoms with Gasteiger partial charge in [0.1, 0.15) is 11.5 Å². The first-order valence-electron chi connectivity index (χ1n) is 7.64. The first kappa shape index (κ1) is 13.4. The minimum absolute atomic E-state index is 0.618. The molecule has 1 aliphatic heterocycles. The highest BCUT2D eigenvalue weighted by Gasteiger charge is 2.20. The molecule has 1 unspecified atom stereocenters. The molecule has 0 aromatic carbocycles. The van der Waals surface area contributed by atoms with Crippen molar-refractivity contribution in [3.8, 4) is 0 Å². The van der Waals surface area contributed by atoms with Gasteiger partial charge in [0.25, 0.3) is 0 Å². The van der Waals surface area contributed by atoms with Gasteiger partial charge < -0.3 is 10.2 Å². The van der Waals surface area contributed by atoms with Gasteiger partial charge in [-0.25, -0.2) is 4.98 Å². The second kappa shape index (κ2) is 5.83. The summed E-state index contributed by atoms with van der Waals surface area (Å²) >= 11 is 0. The predicted molar refractivity (Wildman–Crippen MR) is 83.3 cm³/mol. The van der Waals surface area contributed by atoms with Crippen molar-refractivity contribution in [3.63, 3.8) is 0 Å². The van der Waals surface area contributed by atoms with E-state index in [1.165, 1.54) is 18.7 Å². The van der Waals surface area contributed by atoms with Crippen molar-refractivity contribution in [3.05, 3.63) is 30.6 Å². The molecule has 4 heteroatoms. The molecule has 2 aromatic heterocycles. The summed E-state index contributed by atoms with van der Waals surface area (Å²) in [5.41, 5.74) is 1.02. The van der Waals surface area contributed by atoms with Gasteiger partial charge in [-0.15, -0.1) is 0 Å². The van der Waals surface area contributed by atoms with Gasteiger partial charge in [-0.05, 0) is 37.4 Å². The van der Waals surface area contributed by atoms with Crippen LogP contribution in [0.15, 0.2) is 30.6 Å². The van der Waals surface area contributed by atoms with E-state index in [1.807, 2.05) is 6.20 Å². The highest BCUT2D eigenvalue weighted by Crippen LogP contribution is 2.19. The molecule has 3 rings (SSSR count). The van der Waals surface area contributed by atoms with E-state index in [4.69, 9.17) is 0 Å². The Balaban J connectivity index is 1.88. The number of nitrogens with one attached hydrogen (secondary N) is 1. The molecule has 0 amide bonds. The molecular weight excluding hydrogens is 248 g/mol. The summed E-state index contributed by atoms with van der Waals surface area (Å²) in [7, 11) is 0. The summed E-state index contributed by atoms with van der Waals surface area (Å²) in [4.78, 5) is 6.90. The fraction of sp³-hybridized carbons (Fsp3) is 0.562. The SMILES string of the molecule is CC(C)CN(CC1CCCN1)c1cccc2nccn12. The van der Waals surface area contributed by atoms with Crippen LogP contribution in [0, 0.1) is 5.92 Å². The number of pyridine rings is 1. The van der Waals surface area contributed by atoms with Crippen LogP contribution in [0.5, 0.6) is 0 Å². The second-order valence-electron chi connectivity index (χ2n) is 6.13. The standard InChI is InChI=1S/C16H24N4/c1-13(2)11-19(12-14-5-4-8-17-14)16-7-3-6-15-18-9-10-20(15)16/h3,6-7,9-10,13-14,17H,4-5,8,11-12H2,1-2H3. The third-order valence-electron chi connectivity index (χ3n) is 3.92. The summed E-state index contributed by atoms with van der Waals surface area (Å²) in [6.45, 7) is 7.88. The maximum Gasteiger partial charge on any atom is 0.138 e. The van der Waals surface area contributed by atoms with E-state index in [0.29, 0.717) is 12.0 Å². The molecule has 0 spiro atoms. The van der Waals surface area contributed by atoms with Gasteiger partial charge in [0.2, 0.25) is 0 Å². The summed E-state index contributed by atoms with van der Waals surface area (Å²) in [5, 5.41) is 3.61. The van der Waals surface area contributed by atoms with E-state index in [2.05, 4.69) is 57.8 Å². The molecule has 0 aliphatic carbocycles. The molecule has 20 heavy (non-hydrogen) atoms. The fourth-order valence-electron chi connectivity index (χ4n) is 3.07. The number of fused-ring (bicyclic) bond motifs is 1. The zero-order valence-electron chi connectivity index (χ0n) is 12.4. The van der Waals surface area contributed by atoms with Crippen molar-refractivity contribution in [2.75, 3.05) is 24.5 Å². The lowest BCUT2D eigenvalue weighted by atomic mass is 10.1. The van der Waals surface area contributed by atoms with Crippen molar-refractivity contribution in [2.45, 2.75) is 32.7 Å². The Morgan fingerprint density at radius 3 is 3.10 bits per heavy atom. The third-order valence-corrected chi connectivity index (χ3v) is 3.92. The Bertz CT molecular complexity index is 554. The van der Waals surface area contributed by atoms with E-state index in [-0.39, 0.29) is 0 Å². The topological polar surface area (TPSA) is 32.6 Å². The summed E-state index contributed by atoms with van der Waals surface area (Å²) in [6.07, 6.45) is 6.52. The van der Waals surface area contributed by atoms with Crippen molar-refractivity contribution >= 4 is 11.5 Å². The van der Waals surface area contributed by atoms with E-state index >= 15 is 0 Å². The molecule has 2 aromatic rings. The molecule has 1 atom stereocenters. The molecule has 1 N–H and O–H groups in total. The van der Waals surface area contributed by atoms with Gasteiger partial charge in [-0.3, -0.25) is 4.40 Å². The minimum atomic E-state index is 0.618. The number of hydrogen-bond donors (Lipinski definition) is 1. The van der Waals surface area contributed by atoms with Crippen LogP contribution in [0.1, 0.15) is 26.7 Å². The van der Waals surface area contributed by atoms with Crippen LogP contribution in [0.4, 0.5) is 5.82 Å². The fourth-order valence-corrected chi connectivity index (χ4v) is 3.07. The van der Waals surface area contributed by atoms with E-state index < -0.39 is 0 Å². The zero-order valence-corrected chi connectivity index (χ0v) is 12.4. The first-order chi connectivity index (χ1) is 9.74. The summed E-state index contributed by atoms with van der Waals surface area (Å²) in [5.74, 6) is 1.90. The number of imidazole rings is 1. The molecule has 0 bridgehead atoms. The minimum Gasteiger partial charge on any atom is -0.356 e. The molecule has 1 fully saturated rings. The Kier molecular flexibility index (Phi) is 3.92. The monoisotopic (exact) mass is 272 g/mol. The Labute approximate surface area is 120 Å². The number of anilines is 1. The van der Waals surface area contributed by atoms with Crippen LogP contribution in [0.3, 0.4) is 0 Å². The number of rotatable bonds is 5. The van der Waals surface area contributed by atoms with Crippen LogP contribution in [-0.4, -0.2) is 35.1 Å². The smallest absolute Gasteiger partial charge is 0.138 e. The molecule has 4 nitrogen and oxygen atoms in total. The highest BCUT2D eigenvalue weighted by atomic mass is 15.2. The van der Waals surface area contributed by atoms with Crippen LogP contribution in [0.25, 0.3) is 5.65 Å². The van der Waals surface area contributed by atoms with Gasteiger partial charge in [-0.2, -0.15) is 0 Å². The van der Waals surface area contributed by atoms with Crippen LogP contribution in [0.2, 0.25) is 0 Å². The van der Waals surface area contributed by atoms with Crippen LogP contribution in [-0.2, 0) is 0 Å². The molecule has 3 heterocycles. The van der Waals surface area contributed by atoms with Crippen molar-refractivity contribution < 1.29 is 0 Å². The van der Waals surface area contributed by atoms with E-state index in [1.54, 1.807) is 0 Å². The molecular formula is C16H24N4. The highest BCUT2D eigenvalue weighted by molar-refractivity contribution is 5.51. The predicted octanol–water partition coefficient (Wildman–Crippen LogP) is 2.55. The Morgan fingerprint density at radius 1 is 1.45 bits per heavy atom. The Morgan fingerprint density at radius 2 is 2.35 bits per heavy atom. The summed E-state index contributed by atoms with van der Waals surface area (Å²) < 4.78 is 2.19. The van der Waals surface area contributed by atoms with Gasteiger partial charge in [0.05, 0.1) is 0 Å². The average molecular weight is 272 g/mol. The maximum absolute atomic E-state index is 4.39. The number of aromatic nitrogens is 2.